The fraction of sp³-hybridized carbons (Fsp3) is 0.489. The second-order valence-corrected chi connectivity index (χ2v) is 16.5. The quantitative estimate of drug-likeness (QED) is 0.0744. The Kier molecular flexibility index (Phi) is 11.7. The summed E-state index contributed by atoms with van der Waals surface area (Å²) in [4.78, 5) is 45.2. The van der Waals surface area contributed by atoms with Crippen LogP contribution in [0.25, 0.3) is 32.9 Å². The maximum Gasteiger partial charge on any atom is 0.319 e. The van der Waals surface area contributed by atoms with Crippen molar-refractivity contribution >= 4 is 39.3 Å². The molecule has 2 aromatic heterocycles. The smallest absolute Gasteiger partial charge is 0.319 e. The minimum atomic E-state index is -0.961. The lowest BCUT2D eigenvalue weighted by molar-refractivity contribution is -0.134. The Bertz CT molecular complexity index is 2310. The number of ether oxygens (including phenoxy) is 1. The van der Waals surface area contributed by atoms with Gasteiger partial charge >= 0.3 is 6.01 Å². The highest BCUT2D eigenvalue weighted by Gasteiger charge is 2.49. The Morgan fingerprint density at radius 2 is 1.83 bits per heavy atom. The van der Waals surface area contributed by atoms with Gasteiger partial charge in [-0.25, -0.2) is 13.2 Å². The summed E-state index contributed by atoms with van der Waals surface area (Å²) >= 11 is 0. The van der Waals surface area contributed by atoms with E-state index in [1.165, 1.54) is 36.5 Å². The molecule has 4 aliphatic heterocycles. The lowest BCUT2D eigenvalue weighted by Crippen LogP contribution is -2.56. The van der Waals surface area contributed by atoms with Crippen LogP contribution in [-0.2, 0) is 9.59 Å². The number of amides is 2. The van der Waals surface area contributed by atoms with E-state index >= 15 is 4.39 Å². The molecule has 2 N–H and O–H groups in total. The molecule has 6 heterocycles. The first-order valence-corrected chi connectivity index (χ1v) is 20.9. The van der Waals surface area contributed by atoms with Crippen LogP contribution in [0.2, 0.25) is 0 Å². The second-order valence-electron chi connectivity index (χ2n) is 16.5. The minimum Gasteiger partial charge on any atom is -0.508 e. The number of aromatic nitrogens is 3. The third-order valence-electron chi connectivity index (χ3n) is 12.7. The predicted octanol–water partition coefficient (Wildman–Crippen LogP) is 6.98. The van der Waals surface area contributed by atoms with Crippen molar-refractivity contribution in [1.29, 1.82) is 0 Å². The summed E-state index contributed by atoms with van der Waals surface area (Å²) in [6, 6.07) is 5.24. The number of hydrogen-bond acceptors (Lipinski definition) is 9. The van der Waals surface area contributed by atoms with Crippen molar-refractivity contribution in [3.05, 3.63) is 60.3 Å². The molecule has 4 saturated heterocycles. The second kappa shape index (κ2) is 17.0. The zero-order valence-electron chi connectivity index (χ0n) is 33.2. The van der Waals surface area contributed by atoms with Crippen LogP contribution in [0.5, 0.6) is 11.8 Å². The molecule has 8 rings (SSSR count). The predicted molar refractivity (Wildman–Crippen MR) is 220 cm³/mol. The molecule has 0 spiro atoms. The SMILES string of the molecule is C#Cc1c(F)ccc2cc(O)cc(-c3ncc4c(N5CC6CCC(C5)N6C(=O)CCCCCCCCNC(=O)C=C)nc(OC[C@@]56CCCN5C[C@H](F)C6)nc4c3F)c12. The topological polar surface area (TPSA) is 124 Å². The van der Waals surface area contributed by atoms with Gasteiger partial charge in [-0.3, -0.25) is 19.5 Å². The number of phenols is 1. The third-order valence-corrected chi connectivity index (χ3v) is 12.7. The van der Waals surface area contributed by atoms with Crippen LogP contribution >= 0.6 is 0 Å². The van der Waals surface area contributed by atoms with E-state index in [1.807, 2.05) is 4.90 Å². The first kappa shape index (κ1) is 40.4. The number of rotatable bonds is 15. The van der Waals surface area contributed by atoms with Crippen LogP contribution in [0.1, 0.15) is 82.6 Å². The minimum absolute atomic E-state index is 0.0554. The number of fused-ring (bicyclic) bond motifs is 5. The van der Waals surface area contributed by atoms with Crippen molar-refractivity contribution < 1.29 is 32.6 Å². The molecule has 4 fully saturated rings. The van der Waals surface area contributed by atoms with Crippen LogP contribution < -0.4 is 15.0 Å². The zero-order chi connectivity index (χ0) is 41.3. The van der Waals surface area contributed by atoms with Crippen LogP contribution in [0.4, 0.5) is 19.0 Å². The standard InChI is InChI=1S/C45H50F3N7O4/c1-3-33-36(47)16-13-28-20-32(56)21-34(39(28)33)41-40(48)42-35(23-50-41)43(52-44(51-42)59-27-45-17-11-19-54(45)24-29(46)22-45)53-25-30-14-15-31(26-53)55(30)38(58)12-9-7-5-6-8-10-18-49-37(57)4-2/h1,4,13,16,20-21,23,29-31,56H,2,5-12,14-15,17-19,22,24-27H2,(H,49,57)/t29-,30?,31?,45+/m1/s1. The first-order chi connectivity index (χ1) is 28.6. The van der Waals surface area contributed by atoms with Crippen LogP contribution in [0.3, 0.4) is 0 Å². The molecule has 0 saturated carbocycles. The van der Waals surface area contributed by atoms with Crippen molar-refractivity contribution in [2.45, 2.75) is 101 Å². The summed E-state index contributed by atoms with van der Waals surface area (Å²) in [5, 5.41) is 14.4. The van der Waals surface area contributed by atoms with E-state index in [2.05, 4.69) is 37.6 Å². The van der Waals surface area contributed by atoms with E-state index in [1.54, 1.807) is 0 Å². The summed E-state index contributed by atoms with van der Waals surface area (Å²) < 4.78 is 53.1. The van der Waals surface area contributed by atoms with E-state index < -0.39 is 23.3 Å². The summed E-state index contributed by atoms with van der Waals surface area (Å²) in [5.41, 5.74) is -0.728. The number of benzene rings is 2. The lowest BCUT2D eigenvalue weighted by Gasteiger charge is -2.42. The maximum absolute atomic E-state index is 17.1. The van der Waals surface area contributed by atoms with E-state index in [0.717, 1.165) is 70.8 Å². The summed E-state index contributed by atoms with van der Waals surface area (Å²) in [6.45, 7) is 6.31. The molecule has 310 valence electrons. The normalized spacial score (nSPS) is 22.5. The van der Waals surface area contributed by atoms with Gasteiger partial charge in [0, 0.05) is 68.3 Å². The van der Waals surface area contributed by atoms with E-state index in [-0.39, 0.29) is 70.0 Å². The molecule has 4 aliphatic rings. The molecular weight excluding hydrogens is 760 g/mol. The number of aromatic hydroxyl groups is 1. The van der Waals surface area contributed by atoms with Crippen molar-refractivity contribution in [3.8, 4) is 35.4 Å². The fourth-order valence-electron chi connectivity index (χ4n) is 9.92. The number of nitrogens with zero attached hydrogens (tertiary/aromatic N) is 6. The molecule has 59 heavy (non-hydrogen) atoms. The number of carbonyl (C=O) groups excluding carboxylic acids is 2. The van der Waals surface area contributed by atoms with Crippen molar-refractivity contribution in [2.24, 2.45) is 0 Å². The zero-order valence-corrected chi connectivity index (χ0v) is 33.2. The number of piperazine rings is 1. The third kappa shape index (κ3) is 8.01. The Labute approximate surface area is 342 Å². The van der Waals surface area contributed by atoms with Gasteiger partial charge in [0.25, 0.3) is 0 Å². The van der Waals surface area contributed by atoms with Gasteiger partial charge in [0.1, 0.15) is 41.4 Å². The van der Waals surface area contributed by atoms with Gasteiger partial charge in [0.2, 0.25) is 11.8 Å². The number of terminal acetylenes is 1. The molecule has 0 aliphatic carbocycles. The number of hydrogen-bond donors (Lipinski definition) is 2. The Balaban J connectivity index is 1.05. The number of nitrogens with one attached hydrogen (secondary N) is 1. The molecule has 2 bridgehead atoms. The molecule has 0 radical (unpaired) electrons. The van der Waals surface area contributed by atoms with Crippen molar-refractivity contribution in [2.75, 3.05) is 44.2 Å². The molecular formula is C45H50F3N7O4. The van der Waals surface area contributed by atoms with Crippen LogP contribution in [-0.4, -0.2) is 105 Å². The molecule has 4 aromatic rings. The van der Waals surface area contributed by atoms with Gasteiger partial charge in [-0.15, -0.1) is 6.42 Å². The van der Waals surface area contributed by atoms with Crippen molar-refractivity contribution in [3.63, 3.8) is 0 Å². The number of alkyl halides is 1. The lowest BCUT2D eigenvalue weighted by atomic mass is 9.95. The molecule has 11 nitrogen and oxygen atoms in total. The van der Waals surface area contributed by atoms with Gasteiger partial charge < -0.3 is 25.0 Å². The maximum atomic E-state index is 17.1. The summed E-state index contributed by atoms with van der Waals surface area (Å²) in [5.74, 6) is 1.11. The first-order valence-electron chi connectivity index (χ1n) is 20.9. The van der Waals surface area contributed by atoms with Crippen molar-refractivity contribution in [1.82, 2.24) is 30.1 Å². The Morgan fingerprint density at radius 1 is 1.07 bits per heavy atom. The monoisotopic (exact) mass is 809 g/mol. The molecule has 4 atom stereocenters. The van der Waals surface area contributed by atoms with E-state index in [4.69, 9.17) is 16.1 Å². The van der Waals surface area contributed by atoms with Crippen LogP contribution in [0.15, 0.2) is 43.1 Å². The molecule has 2 aromatic carbocycles. The van der Waals surface area contributed by atoms with E-state index in [9.17, 15) is 23.5 Å². The van der Waals surface area contributed by atoms with Gasteiger partial charge in [0.15, 0.2) is 5.82 Å². The highest BCUT2D eigenvalue weighted by Crippen LogP contribution is 2.43. The number of unbranched alkanes of at least 4 members (excludes halogenated alkanes) is 5. The summed E-state index contributed by atoms with van der Waals surface area (Å²) in [6.07, 6.45) is 17.5. The number of pyridine rings is 1. The largest absolute Gasteiger partial charge is 0.508 e. The average molecular weight is 810 g/mol. The molecule has 2 unspecified atom stereocenters. The number of phenolic OH excluding ortho intramolecular Hbond substituents is 1. The van der Waals surface area contributed by atoms with Gasteiger partial charge in [-0.1, -0.05) is 44.2 Å². The highest BCUT2D eigenvalue weighted by atomic mass is 19.1. The highest BCUT2D eigenvalue weighted by molar-refractivity contribution is 6.03. The van der Waals surface area contributed by atoms with Gasteiger partial charge in [0.05, 0.1) is 16.5 Å². The number of carbonyl (C=O) groups is 2. The number of halogens is 3. The molecule has 2 amide bonds. The average Bonchev–Trinajstić information content (AvgIpc) is 3.85. The molecule has 14 heteroatoms. The van der Waals surface area contributed by atoms with Gasteiger partial charge in [-0.2, -0.15) is 9.97 Å². The Morgan fingerprint density at radius 3 is 2.59 bits per heavy atom. The fourth-order valence-corrected chi connectivity index (χ4v) is 9.92. The summed E-state index contributed by atoms with van der Waals surface area (Å²) in [7, 11) is 0. The number of anilines is 1. The van der Waals surface area contributed by atoms with Crippen LogP contribution in [0, 0.1) is 24.0 Å². The van der Waals surface area contributed by atoms with E-state index in [0.29, 0.717) is 55.6 Å². The van der Waals surface area contributed by atoms with Gasteiger partial charge in [-0.05, 0) is 74.7 Å². The Hall–Kier alpha value is -5.42.